The second-order valence-electron chi connectivity index (χ2n) is 1.45. The minimum Gasteiger partial charge on any atom is -1.00 e. The zero-order valence-corrected chi connectivity index (χ0v) is 12.0. The summed E-state index contributed by atoms with van der Waals surface area (Å²) in [5.74, 6) is -0.875. The van der Waals surface area contributed by atoms with Crippen molar-refractivity contribution in [3.63, 3.8) is 0 Å². The van der Waals surface area contributed by atoms with Crippen LogP contribution in [0.1, 0.15) is 0 Å². The molecule has 0 spiro atoms. The molecule has 0 radical (unpaired) electrons. The SMILES string of the molecule is [Cl-].[Cl-].[Cl-].[Cl-].[O-]c1ccccc1[O-].[W+6]. The van der Waals surface area contributed by atoms with E-state index < -0.39 is 11.5 Å². The molecule has 0 saturated carbocycles. The molecule has 1 rings (SSSR count). The summed E-state index contributed by atoms with van der Waals surface area (Å²) in [6.07, 6.45) is 0. The molecule has 0 fully saturated rings. The Hall–Kier alpha value is 0.668. The molecular formula is C6H4Cl4O2W. The van der Waals surface area contributed by atoms with Gasteiger partial charge in [-0.2, -0.15) is 0 Å². The third-order valence-corrected chi connectivity index (χ3v) is 0.849. The van der Waals surface area contributed by atoms with Crippen LogP contribution < -0.4 is 59.8 Å². The first kappa shape index (κ1) is 29.2. The van der Waals surface area contributed by atoms with Crippen LogP contribution >= 0.6 is 0 Å². The van der Waals surface area contributed by atoms with Gasteiger partial charge in [0.15, 0.2) is 0 Å². The fraction of sp³-hybridized carbons (Fsp3) is 0. The van der Waals surface area contributed by atoms with Crippen LogP contribution in [0.25, 0.3) is 0 Å². The molecule has 0 aliphatic rings. The second-order valence-corrected chi connectivity index (χ2v) is 1.45. The molecule has 0 aliphatic carbocycles. The molecule has 1 aromatic carbocycles. The Morgan fingerprint density at radius 1 is 0.692 bits per heavy atom. The van der Waals surface area contributed by atoms with Gasteiger partial charge in [-0.25, -0.2) is 0 Å². The maximum atomic E-state index is 10.3. The van der Waals surface area contributed by atoms with Crippen LogP contribution in [0.15, 0.2) is 24.3 Å². The summed E-state index contributed by atoms with van der Waals surface area (Å²) in [6, 6.07) is 5.60. The summed E-state index contributed by atoms with van der Waals surface area (Å²) in [5.41, 5.74) is 0. The van der Waals surface area contributed by atoms with E-state index in [4.69, 9.17) is 0 Å². The van der Waals surface area contributed by atoms with E-state index in [1.165, 1.54) is 12.1 Å². The number of halogens is 4. The van der Waals surface area contributed by atoms with Crippen LogP contribution in [0.4, 0.5) is 0 Å². The van der Waals surface area contributed by atoms with E-state index in [1.807, 2.05) is 0 Å². The van der Waals surface area contributed by atoms with Gasteiger partial charge in [0.25, 0.3) is 0 Å². The fourth-order valence-corrected chi connectivity index (χ4v) is 0.450. The Balaban J connectivity index is -0.0000000427. The van der Waals surface area contributed by atoms with Gasteiger partial charge in [0.1, 0.15) is 0 Å². The molecule has 0 saturated heterocycles. The minimum atomic E-state index is -0.437. The molecule has 74 valence electrons. The maximum absolute atomic E-state index is 10.3. The largest absolute Gasteiger partial charge is 6.00 e. The molecule has 2 nitrogen and oxygen atoms in total. The molecule has 0 N–H and O–H groups in total. The summed E-state index contributed by atoms with van der Waals surface area (Å²) in [5, 5.41) is 20.6. The van der Waals surface area contributed by atoms with Crippen LogP contribution in [0.3, 0.4) is 0 Å². The zero-order chi connectivity index (χ0) is 5.98. The summed E-state index contributed by atoms with van der Waals surface area (Å²) in [7, 11) is 0. The Bertz CT molecular complexity index is 179. The van der Waals surface area contributed by atoms with Crippen LogP contribution in [0, 0.1) is 0 Å². The topological polar surface area (TPSA) is 46.1 Å². The van der Waals surface area contributed by atoms with Crippen molar-refractivity contribution in [1.29, 1.82) is 0 Å². The van der Waals surface area contributed by atoms with Gasteiger partial charge in [0, 0.05) is 0 Å². The molecule has 0 amide bonds. The van der Waals surface area contributed by atoms with Crippen LogP contribution in [-0.4, -0.2) is 0 Å². The molecule has 0 heterocycles. The number of rotatable bonds is 0. The molecule has 7 heteroatoms. The number of hydrogen-bond donors (Lipinski definition) is 0. The van der Waals surface area contributed by atoms with Gasteiger partial charge in [-0.3, -0.25) is 0 Å². The van der Waals surface area contributed by atoms with Crippen molar-refractivity contribution < 1.29 is 80.9 Å². The zero-order valence-electron chi connectivity index (χ0n) is 6.05. The van der Waals surface area contributed by atoms with Gasteiger partial charge in [-0.15, -0.1) is 11.5 Å². The number of hydrogen-bond acceptors (Lipinski definition) is 2. The molecule has 0 aromatic heterocycles. The standard InChI is InChI=1S/C6H6O2.4ClH.W/c7-5-3-1-2-4-6(5)8;;;;;/h1-4,7-8H;4*1H;/q;;;;;+6/p-6. The summed E-state index contributed by atoms with van der Waals surface area (Å²) in [6.45, 7) is 0. The average molecular weight is 434 g/mol. The third-order valence-electron chi connectivity index (χ3n) is 0.849. The first-order chi connectivity index (χ1) is 3.80. The normalized spacial score (nSPS) is 5.54. The van der Waals surface area contributed by atoms with E-state index in [9.17, 15) is 10.2 Å². The van der Waals surface area contributed by atoms with E-state index >= 15 is 0 Å². The van der Waals surface area contributed by atoms with Crippen molar-refractivity contribution in [3.05, 3.63) is 24.3 Å². The quantitative estimate of drug-likeness (QED) is 0.408. The van der Waals surface area contributed by atoms with E-state index in [1.54, 1.807) is 12.1 Å². The van der Waals surface area contributed by atoms with E-state index in [2.05, 4.69) is 0 Å². The number of benzene rings is 1. The molecule has 1 aromatic rings. The Kier molecular flexibility index (Phi) is 34.0. The molecule has 0 atom stereocenters. The van der Waals surface area contributed by atoms with Gasteiger partial charge in [-0.1, -0.05) is 24.3 Å². The first-order valence-electron chi connectivity index (χ1n) is 2.24. The van der Waals surface area contributed by atoms with E-state index in [-0.39, 0.29) is 70.7 Å². The fourth-order valence-electron chi connectivity index (χ4n) is 0.450. The maximum Gasteiger partial charge on any atom is 6.00 e. The summed E-state index contributed by atoms with van der Waals surface area (Å²) in [4.78, 5) is 0. The monoisotopic (exact) mass is 432 g/mol. The molecule has 0 aliphatic heterocycles. The van der Waals surface area contributed by atoms with Crippen LogP contribution in [0.2, 0.25) is 0 Å². The van der Waals surface area contributed by atoms with Crippen LogP contribution in [0.5, 0.6) is 11.5 Å². The van der Waals surface area contributed by atoms with E-state index in [0.29, 0.717) is 0 Å². The van der Waals surface area contributed by atoms with Crippen molar-refractivity contribution in [2.24, 2.45) is 0 Å². The Morgan fingerprint density at radius 3 is 1.08 bits per heavy atom. The van der Waals surface area contributed by atoms with Crippen molar-refractivity contribution in [3.8, 4) is 11.5 Å². The molecule has 0 unspecified atom stereocenters. The van der Waals surface area contributed by atoms with Crippen molar-refractivity contribution in [1.82, 2.24) is 0 Å². The summed E-state index contributed by atoms with van der Waals surface area (Å²) < 4.78 is 0. The smallest absolute Gasteiger partial charge is 1.00 e. The average Bonchev–Trinajstić information content (AvgIpc) is 1.77. The van der Waals surface area contributed by atoms with Crippen molar-refractivity contribution >= 4 is 0 Å². The Labute approximate surface area is 116 Å². The molecular weight excluding hydrogens is 430 g/mol. The van der Waals surface area contributed by atoms with Gasteiger partial charge in [0.2, 0.25) is 0 Å². The minimum absolute atomic E-state index is 0. The first-order valence-corrected chi connectivity index (χ1v) is 2.24. The predicted molar refractivity (Wildman–Crippen MR) is 25.3 cm³/mol. The van der Waals surface area contributed by atoms with Gasteiger partial charge in [0.05, 0.1) is 0 Å². The van der Waals surface area contributed by atoms with Crippen LogP contribution in [-0.2, 0) is 21.1 Å². The van der Waals surface area contributed by atoms with Gasteiger partial charge >= 0.3 is 21.1 Å². The van der Waals surface area contributed by atoms with Gasteiger partial charge < -0.3 is 59.8 Å². The Morgan fingerprint density at radius 2 is 0.923 bits per heavy atom. The number of para-hydroxylation sites is 2. The van der Waals surface area contributed by atoms with Crippen molar-refractivity contribution in [2.45, 2.75) is 0 Å². The molecule has 0 bridgehead atoms. The predicted octanol–water partition coefficient (Wildman–Crippen LogP) is -12.2. The second kappa shape index (κ2) is 15.2. The van der Waals surface area contributed by atoms with Gasteiger partial charge in [-0.05, 0) is 0 Å². The van der Waals surface area contributed by atoms with E-state index in [0.717, 1.165) is 0 Å². The van der Waals surface area contributed by atoms with Crippen molar-refractivity contribution in [2.75, 3.05) is 0 Å². The third kappa shape index (κ3) is 10.6. The summed E-state index contributed by atoms with van der Waals surface area (Å²) >= 11 is 0. The molecule has 13 heavy (non-hydrogen) atoms.